The van der Waals surface area contributed by atoms with Gasteiger partial charge in [-0.15, -0.1) is 0 Å². The largest absolute Gasteiger partial charge is 0.481 e. The second-order valence-electron chi connectivity index (χ2n) is 3.13. The molecule has 0 aliphatic carbocycles. The number of carbonyl (C=O) groups is 3. The lowest BCUT2D eigenvalue weighted by atomic mass is 10.2. The monoisotopic (exact) mass is 220 g/mol. The van der Waals surface area contributed by atoms with E-state index in [0.29, 0.717) is 0 Å². The number of carboxylic acids is 3. The summed E-state index contributed by atoms with van der Waals surface area (Å²) in [6.07, 6.45) is 0.0866. The van der Waals surface area contributed by atoms with E-state index in [2.05, 4.69) is 0 Å². The second-order valence-corrected chi connectivity index (χ2v) is 3.13. The molecule has 3 N–H and O–H groups in total. The van der Waals surface area contributed by atoms with Crippen LogP contribution in [-0.2, 0) is 14.4 Å². The van der Waals surface area contributed by atoms with Crippen molar-refractivity contribution in [3.63, 3.8) is 0 Å². The van der Waals surface area contributed by atoms with Gasteiger partial charge in [0.05, 0.1) is 5.92 Å². The van der Waals surface area contributed by atoms with Crippen molar-refractivity contribution in [1.29, 1.82) is 0 Å². The summed E-state index contributed by atoms with van der Waals surface area (Å²) in [6, 6.07) is 0. The number of hydrogen-bond donors (Lipinski definition) is 3. The molecule has 0 radical (unpaired) electrons. The van der Waals surface area contributed by atoms with Gasteiger partial charge in [-0.05, 0) is 6.42 Å². The van der Waals surface area contributed by atoms with Crippen molar-refractivity contribution in [2.45, 2.75) is 33.1 Å². The van der Waals surface area contributed by atoms with E-state index in [1.165, 1.54) is 0 Å². The summed E-state index contributed by atoms with van der Waals surface area (Å²) in [6.45, 7) is 3.28. The van der Waals surface area contributed by atoms with Gasteiger partial charge >= 0.3 is 17.9 Å². The summed E-state index contributed by atoms with van der Waals surface area (Å²) in [5.74, 6) is -2.87. The maximum absolute atomic E-state index is 9.79. The zero-order chi connectivity index (χ0) is 12.4. The van der Waals surface area contributed by atoms with Crippen LogP contribution in [0.5, 0.6) is 0 Å². The first-order valence-corrected chi connectivity index (χ1v) is 4.43. The van der Waals surface area contributed by atoms with Crippen LogP contribution < -0.4 is 0 Å². The van der Waals surface area contributed by atoms with E-state index in [9.17, 15) is 14.4 Å². The molecule has 0 amide bonds. The van der Waals surface area contributed by atoms with Gasteiger partial charge in [0.15, 0.2) is 0 Å². The molecule has 0 heterocycles. The van der Waals surface area contributed by atoms with Crippen molar-refractivity contribution in [3.8, 4) is 0 Å². The highest BCUT2D eigenvalue weighted by molar-refractivity contribution is 5.70. The van der Waals surface area contributed by atoms with Gasteiger partial charge in [-0.3, -0.25) is 14.4 Å². The minimum atomic E-state index is -0.948. The van der Waals surface area contributed by atoms with Crippen LogP contribution in [0.3, 0.4) is 0 Å². The molecule has 6 nitrogen and oxygen atoms in total. The fourth-order valence-electron chi connectivity index (χ4n) is 0.391. The molecule has 0 atom stereocenters. The average Bonchev–Trinajstić information content (AvgIpc) is 2.03. The van der Waals surface area contributed by atoms with Gasteiger partial charge in [0.2, 0.25) is 0 Å². The minimum absolute atomic E-state index is 0.0632. The molecule has 6 heteroatoms. The molecule has 0 rings (SSSR count). The first-order chi connectivity index (χ1) is 6.77. The standard InChI is InChI=1S/C5H8O4.C4H8O2/c6-4(7)2-1-3-5(8)9;1-3(2)4(5)6/h1-3H2,(H,6,7)(H,8,9);3H,1-2H3,(H,5,6). The SMILES string of the molecule is CC(C)C(=O)O.O=C(O)CCCC(=O)O. The van der Waals surface area contributed by atoms with Crippen molar-refractivity contribution in [3.05, 3.63) is 0 Å². The summed E-state index contributed by atoms with van der Waals surface area (Å²) in [5.41, 5.74) is 0. The molecule has 0 aromatic carbocycles. The first kappa shape index (κ1) is 15.9. The third-order valence-corrected chi connectivity index (χ3v) is 1.28. The van der Waals surface area contributed by atoms with Crippen molar-refractivity contribution < 1.29 is 29.7 Å². The van der Waals surface area contributed by atoms with Crippen LogP contribution in [0.2, 0.25) is 0 Å². The van der Waals surface area contributed by atoms with Gasteiger partial charge < -0.3 is 15.3 Å². The third kappa shape index (κ3) is 19.0. The van der Waals surface area contributed by atoms with Crippen molar-refractivity contribution in [2.75, 3.05) is 0 Å². The van der Waals surface area contributed by atoms with Crippen LogP contribution in [0.1, 0.15) is 33.1 Å². The summed E-state index contributed by atoms with van der Waals surface area (Å²) >= 11 is 0. The molecule has 0 saturated carbocycles. The lowest BCUT2D eigenvalue weighted by molar-refractivity contribution is -0.141. The predicted octanol–water partition coefficient (Wildman–Crippen LogP) is 1.05. The van der Waals surface area contributed by atoms with Crippen LogP contribution in [0.25, 0.3) is 0 Å². The van der Waals surface area contributed by atoms with E-state index in [4.69, 9.17) is 15.3 Å². The van der Waals surface area contributed by atoms with Crippen molar-refractivity contribution in [2.24, 2.45) is 5.92 Å². The Labute approximate surface area is 87.5 Å². The zero-order valence-electron chi connectivity index (χ0n) is 8.77. The molecule has 0 fully saturated rings. The van der Waals surface area contributed by atoms with Crippen LogP contribution in [0.15, 0.2) is 0 Å². The number of hydrogen-bond acceptors (Lipinski definition) is 3. The lowest BCUT2D eigenvalue weighted by Crippen LogP contribution is -2.03. The number of rotatable bonds is 5. The van der Waals surface area contributed by atoms with Crippen LogP contribution in [0.4, 0.5) is 0 Å². The highest BCUT2D eigenvalue weighted by Gasteiger charge is 1.99. The maximum atomic E-state index is 9.79. The zero-order valence-corrected chi connectivity index (χ0v) is 8.77. The normalized spacial score (nSPS) is 9.00. The molecule has 0 aromatic heterocycles. The van der Waals surface area contributed by atoms with Gasteiger partial charge in [-0.2, -0.15) is 0 Å². The topological polar surface area (TPSA) is 112 Å². The number of carboxylic acid groups (broad SMARTS) is 3. The van der Waals surface area contributed by atoms with Gasteiger partial charge in [0.1, 0.15) is 0 Å². The molecular weight excluding hydrogens is 204 g/mol. The highest BCUT2D eigenvalue weighted by Crippen LogP contribution is 1.93. The molecule has 88 valence electrons. The quantitative estimate of drug-likeness (QED) is 0.638. The van der Waals surface area contributed by atoms with E-state index in [0.717, 1.165) is 0 Å². The maximum Gasteiger partial charge on any atom is 0.305 e. The van der Waals surface area contributed by atoms with Crippen molar-refractivity contribution >= 4 is 17.9 Å². The fraction of sp³-hybridized carbons (Fsp3) is 0.667. The molecule has 0 unspecified atom stereocenters. The van der Waals surface area contributed by atoms with Gasteiger partial charge in [-0.25, -0.2) is 0 Å². The molecule has 0 aliphatic rings. The van der Waals surface area contributed by atoms with E-state index in [-0.39, 0.29) is 25.2 Å². The van der Waals surface area contributed by atoms with Gasteiger partial charge in [-0.1, -0.05) is 13.8 Å². The number of aliphatic carboxylic acids is 3. The van der Waals surface area contributed by atoms with Crippen molar-refractivity contribution in [1.82, 2.24) is 0 Å². The Morgan fingerprint density at radius 2 is 1.20 bits per heavy atom. The summed E-state index contributed by atoms with van der Waals surface area (Å²) in [4.78, 5) is 29.3. The Kier molecular flexibility index (Phi) is 9.50. The summed E-state index contributed by atoms with van der Waals surface area (Å²) in [7, 11) is 0. The van der Waals surface area contributed by atoms with Gasteiger partial charge in [0.25, 0.3) is 0 Å². The molecule has 0 aromatic rings. The summed E-state index contributed by atoms with van der Waals surface area (Å²) in [5, 5.41) is 24.1. The Hall–Kier alpha value is -1.59. The first-order valence-electron chi connectivity index (χ1n) is 4.43. The Morgan fingerprint density at radius 1 is 0.933 bits per heavy atom. The minimum Gasteiger partial charge on any atom is -0.481 e. The van der Waals surface area contributed by atoms with Crippen LogP contribution in [0, 0.1) is 5.92 Å². The van der Waals surface area contributed by atoms with E-state index >= 15 is 0 Å². The second kappa shape index (κ2) is 8.98. The molecule has 0 spiro atoms. The predicted molar refractivity (Wildman–Crippen MR) is 51.6 cm³/mol. The lowest BCUT2D eigenvalue weighted by Gasteiger charge is -1.89. The van der Waals surface area contributed by atoms with Crippen LogP contribution in [-0.4, -0.2) is 33.2 Å². The third-order valence-electron chi connectivity index (χ3n) is 1.28. The molecule has 0 saturated heterocycles. The smallest absolute Gasteiger partial charge is 0.305 e. The highest BCUT2D eigenvalue weighted by atomic mass is 16.4. The Bertz CT molecular complexity index is 207. The molecule has 0 aliphatic heterocycles. The molecule has 0 bridgehead atoms. The fourth-order valence-corrected chi connectivity index (χ4v) is 0.391. The summed E-state index contributed by atoms with van der Waals surface area (Å²) < 4.78 is 0. The Balaban J connectivity index is 0. The van der Waals surface area contributed by atoms with Crippen LogP contribution >= 0.6 is 0 Å². The van der Waals surface area contributed by atoms with E-state index in [1.54, 1.807) is 13.8 Å². The van der Waals surface area contributed by atoms with E-state index < -0.39 is 17.9 Å². The molecular formula is C9H16O6. The average molecular weight is 220 g/mol. The van der Waals surface area contributed by atoms with E-state index in [1.807, 2.05) is 0 Å². The van der Waals surface area contributed by atoms with Gasteiger partial charge in [0, 0.05) is 12.8 Å². The molecule has 15 heavy (non-hydrogen) atoms. The Morgan fingerprint density at radius 3 is 1.33 bits per heavy atom.